The smallest absolute Gasteiger partial charge is 0.254 e. The minimum atomic E-state index is -3.90. The molecule has 11 heteroatoms. The van der Waals surface area contributed by atoms with E-state index >= 15 is 0 Å². The van der Waals surface area contributed by atoms with Crippen molar-refractivity contribution in [1.82, 2.24) is 14.9 Å². The van der Waals surface area contributed by atoms with Gasteiger partial charge in [0.2, 0.25) is 15.9 Å². The number of nitrogens with one attached hydrogen (secondary N) is 2. The molecule has 2 amide bonds. The summed E-state index contributed by atoms with van der Waals surface area (Å²) in [5.74, 6) is -2.04. The number of nitrogens with zero attached hydrogens (tertiary/aromatic N) is 2. The quantitative estimate of drug-likeness (QED) is 0.612. The topological polar surface area (TPSA) is 98.8 Å². The summed E-state index contributed by atoms with van der Waals surface area (Å²) in [5, 5.41) is 3.04. The van der Waals surface area contributed by atoms with Gasteiger partial charge in [-0.25, -0.2) is 17.5 Å². The average molecular weight is 497 g/mol. The lowest BCUT2D eigenvalue weighted by atomic mass is 10.2. The monoisotopic (exact) mass is 496 g/mol. The van der Waals surface area contributed by atoms with Crippen LogP contribution in [-0.4, -0.2) is 63.9 Å². The molecule has 178 valence electrons. The Hall–Kier alpha value is -2.69. The molecule has 2 N–H and O–H groups in total. The van der Waals surface area contributed by atoms with Crippen molar-refractivity contribution in [2.75, 3.05) is 37.6 Å². The van der Waals surface area contributed by atoms with Crippen molar-refractivity contribution < 1.29 is 22.4 Å². The van der Waals surface area contributed by atoms with Crippen LogP contribution in [0.5, 0.6) is 0 Å². The van der Waals surface area contributed by atoms with Gasteiger partial charge >= 0.3 is 0 Å². The van der Waals surface area contributed by atoms with E-state index in [0.717, 1.165) is 23.9 Å². The van der Waals surface area contributed by atoms with Gasteiger partial charge in [0.15, 0.2) is 0 Å². The van der Waals surface area contributed by atoms with E-state index in [1.165, 1.54) is 0 Å². The van der Waals surface area contributed by atoms with Crippen molar-refractivity contribution >= 4 is 39.1 Å². The number of rotatable bonds is 7. The Balaban J connectivity index is 1.57. The van der Waals surface area contributed by atoms with E-state index in [1.54, 1.807) is 18.7 Å². The Kier molecular flexibility index (Phi) is 7.93. The number of sulfonamides is 1. The summed E-state index contributed by atoms with van der Waals surface area (Å²) in [7, 11) is -3.90. The summed E-state index contributed by atoms with van der Waals surface area (Å²) in [5.41, 5.74) is 0.569. The summed E-state index contributed by atoms with van der Waals surface area (Å²) in [6, 6.07) is 10.0. The number of carbonyl (C=O) groups is 2. The van der Waals surface area contributed by atoms with Crippen LogP contribution in [0.2, 0.25) is 5.02 Å². The van der Waals surface area contributed by atoms with Crippen molar-refractivity contribution in [1.29, 1.82) is 0 Å². The fourth-order valence-corrected chi connectivity index (χ4v) is 4.86. The molecule has 1 saturated heterocycles. The highest BCUT2D eigenvalue weighted by Gasteiger charge is 2.23. The number of anilines is 1. The zero-order valence-corrected chi connectivity index (χ0v) is 19.9. The SMILES string of the molecule is CC(C)NS(=O)(=O)c1ccc(F)c(C(=O)NCC(=O)N2CCN(c3ccc(Cl)cc3)CC2)c1. The maximum atomic E-state index is 14.2. The van der Waals surface area contributed by atoms with Gasteiger partial charge in [-0.2, -0.15) is 0 Å². The maximum absolute atomic E-state index is 14.2. The third kappa shape index (κ3) is 6.43. The Morgan fingerprint density at radius 2 is 1.70 bits per heavy atom. The normalized spacial score (nSPS) is 14.5. The number of carbonyl (C=O) groups excluding carboxylic acids is 2. The molecule has 0 bridgehead atoms. The zero-order valence-electron chi connectivity index (χ0n) is 18.3. The van der Waals surface area contributed by atoms with E-state index in [2.05, 4.69) is 14.9 Å². The fourth-order valence-electron chi connectivity index (χ4n) is 3.45. The van der Waals surface area contributed by atoms with Gasteiger partial charge in [-0.3, -0.25) is 9.59 Å². The average Bonchev–Trinajstić information content (AvgIpc) is 2.77. The first-order chi connectivity index (χ1) is 15.6. The predicted molar refractivity (Wildman–Crippen MR) is 124 cm³/mol. The van der Waals surface area contributed by atoms with E-state index in [1.807, 2.05) is 24.3 Å². The van der Waals surface area contributed by atoms with Gasteiger partial charge in [0.1, 0.15) is 5.82 Å². The summed E-state index contributed by atoms with van der Waals surface area (Å²) >= 11 is 5.92. The second-order valence-corrected chi connectivity index (χ2v) is 10.1. The largest absolute Gasteiger partial charge is 0.368 e. The number of hydrogen-bond donors (Lipinski definition) is 2. The van der Waals surface area contributed by atoms with Crippen LogP contribution in [0.15, 0.2) is 47.4 Å². The molecule has 0 aliphatic carbocycles. The molecule has 0 saturated carbocycles. The van der Waals surface area contributed by atoms with E-state index in [4.69, 9.17) is 11.6 Å². The van der Waals surface area contributed by atoms with Gasteiger partial charge in [-0.05, 0) is 56.3 Å². The first-order valence-corrected chi connectivity index (χ1v) is 12.3. The van der Waals surface area contributed by atoms with Crippen LogP contribution in [-0.2, 0) is 14.8 Å². The molecule has 1 aliphatic heterocycles. The lowest BCUT2D eigenvalue weighted by molar-refractivity contribution is -0.130. The molecule has 2 aromatic carbocycles. The van der Waals surface area contributed by atoms with Gasteiger partial charge in [0, 0.05) is 42.9 Å². The van der Waals surface area contributed by atoms with Gasteiger partial charge in [0.05, 0.1) is 17.0 Å². The van der Waals surface area contributed by atoms with E-state index in [9.17, 15) is 22.4 Å². The number of benzene rings is 2. The van der Waals surface area contributed by atoms with E-state index in [-0.39, 0.29) is 23.4 Å². The molecule has 0 unspecified atom stereocenters. The van der Waals surface area contributed by atoms with Crippen LogP contribution in [0.4, 0.5) is 10.1 Å². The second kappa shape index (κ2) is 10.5. The van der Waals surface area contributed by atoms with Gasteiger partial charge in [-0.15, -0.1) is 0 Å². The third-order valence-corrected chi connectivity index (χ3v) is 7.02. The molecule has 0 atom stereocenters. The van der Waals surface area contributed by atoms with Crippen molar-refractivity contribution in [2.24, 2.45) is 0 Å². The predicted octanol–water partition coefficient (Wildman–Crippen LogP) is 2.24. The summed E-state index contributed by atoms with van der Waals surface area (Å²) in [6.45, 7) is 5.17. The van der Waals surface area contributed by atoms with Gasteiger partial charge < -0.3 is 15.1 Å². The molecule has 1 aliphatic rings. The molecule has 1 fully saturated rings. The number of piperazine rings is 1. The Labute approximate surface area is 197 Å². The molecule has 0 aromatic heterocycles. The highest BCUT2D eigenvalue weighted by Crippen LogP contribution is 2.19. The minimum Gasteiger partial charge on any atom is -0.368 e. The molecule has 8 nitrogen and oxygen atoms in total. The standard InChI is InChI=1S/C22H26ClFN4O4S/c1-15(2)26-33(31,32)18-7-8-20(24)19(13-18)22(30)25-14-21(29)28-11-9-27(10-12-28)17-5-3-16(23)4-6-17/h3-8,13,15,26H,9-12,14H2,1-2H3,(H,25,30). The van der Waals surface area contributed by atoms with Crippen molar-refractivity contribution in [3.63, 3.8) is 0 Å². The second-order valence-electron chi connectivity index (χ2n) is 7.94. The molecular formula is C22H26ClFN4O4S. The molecular weight excluding hydrogens is 471 g/mol. The first kappa shape index (κ1) is 24.9. The fraction of sp³-hybridized carbons (Fsp3) is 0.364. The minimum absolute atomic E-state index is 0.229. The van der Waals surface area contributed by atoms with E-state index < -0.39 is 27.3 Å². The summed E-state index contributed by atoms with van der Waals surface area (Å²) in [6.07, 6.45) is 0. The maximum Gasteiger partial charge on any atom is 0.254 e. The highest BCUT2D eigenvalue weighted by atomic mass is 35.5. The van der Waals surface area contributed by atoms with Crippen LogP contribution in [0.1, 0.15) is 24.2 Å². The lowest BCUT2D eigenvalue weighted by Crippen LogP contribution is -2.51. The molecule has 0 spiro atoms. The van der Waals surface area contributed by atoms with Crippen molar-refractivity contribution in [2.45, 2.75) is 24.8 Å². The Morgan fingerprint density at radius 3 is 2.30 bits per heavy atom. The van der Waals surface area contributed by atoms with Crippen LogP contribution in [0.25, 0.3) is 0 Å². The van der Waals surface area contributed by atoms with Gasteiger partial charge in [-0.1, -0.05) is 11.6 Å². The van der Waals surface area contributed by atoms with Crippen LogP contribution < -0.4 is 14.9 Å². The highest BCUT2D eigenvalue weighted by molar-refractivity contribution is 7.89. The molecule has 0 radical (unpaired) electrons. The molecule has 2 aromatic rings. The van der Waals surface area contributed by atoms with E-state index in [0.29, 0.717) is 31.2 Å². The summed E-state index contributed by atoms with van der Waals surface area (Å²) < 4.78 is 41.2. The first-order valence-electron chi connectivity index (χ1n) is 10.4. The van der Waals surface area contributed by atoms with Crippen molar-refractivity contribution in [3.8, 4) is 0 Å². The number of amides is 2. The lowest BCUT2D eigenvalue weighted by Gasteiger charge is -2.36. The Bertz CT molecular complexity index is 1120. The Morgan fingerprint density at radius 1 is 1.06 bits per heavy atom. The zero-order chi connectivity index (χ0) is 24.2. The number of hydrogen-bond acceptors (Lipinski definition) is 5. The molecule has 33 heavy (non-hydrogen) atoms. The third-order valence-electron chi connectivity index (χ3n) is 5.11. The number of halogens is 2. The van der Waals surface area contributed by atoms with Crippen LogP contribution >= 0.6 is 11.6 Å². The van der Waals surface area contributed by atoms with Crippen LogP contribution in [0, 0.1) is 5.82 Å². The molecule has 1 heterocycles. The van der Waals surface area contributed by atoms with Crippen molar-refractivity contribution in [3.05, 3.63) is 58.9 Å². The molecule has 3 rings (SSSR count). The van der Waals surface area contributed by atoms with Crippen LogP contribution in [0.3, 0.4) is 0 Å². The summed E-state index contributed by atoms with van der Waals surface area (Å²) in [4.78, 5) is 28.5. The van der Waals surface area contributed by atoms with Gasteiger partial charge in [0.25, 0.3) is 5.91 Å².